The van der Waals surface area contributed by atoms with E-state index in [-0.39, 0.29) is 17.9 Å². The average molecular weight is 212 g/mol. The van der Waals surface area contributed by atoms with Crippen LogP contribution >= 0.6 is 0 Å². The summed E-state index contributed by atoms with van der Waals surface area (Å²) in [5.74, 6) is -0.0735. The second-order valence-corrected chi connectivity index (χ2v) is 4.73. The van der Waals surface area contributed by atoms with Crippen molar-refractivity contribution in [3.63, 3.8) is 0 Å². The van der Waals surface area contributed by atoms with Crippen molar-refractivity contribution in [1.82, 2.24) is 0 Å². The molecule has 86 valence electrons. The van der Waals surface area contributed by atoms with Crippen molar-refractivity contribution in [3.8, 4) is 0 Å². The van der Waals surface area contributed by atoms with E-state index < -0.39 is 0 Å². The van der Waals surface area contributed by atoms with Crippen LogP contribution < -0.4 is 0 Å². The fourth-order valence-electron chi connectivity index (χ4n) is 1.86. The molecule has 1 aliphatic rings. The predicted molar refractivity (Wildman–Crippen MR) is 57.1 cm³/mol. The van der Waals surface area contributed by atoms with Crippen molar-refractivity contribution in [2.75, 3.05) is 0 Å². The number of carbonyl (C=O) groups excluding carboxylic acids is 2. The molecule has 0 aliphatic carbocycles. The maximum absolute atomic E-state index is 11.1. The van der Waals surface area contributed by atoms with Gasteiger partial charge < -0.3 is 4.74 Å². The number of esters is 2. The fraction of sp³-hybridized carbons (Fsp3) is 0.833. The highest BCUT2D eigenvalue weighted by atomic mass is 16.6. The Kier molecular flexibility index (Phi) is 4.79. The number of unbranched alkanes of at least 4 members (excludes halogenated alkanes) is 2. The third-order valence-corrected chi connectivity index (χ3v) is 2.79. The van der Waals surface area contributed by atoms with Crippen molar-refractivity contribution < 1.29 is 14.3 Å². The molecule has 3 heteroatoms. The molecule has 1 unspecified atom stereocenters. The van der Waals surface area contributed by atoms with Gasteiger partial charge in [0.1, 0.15) is 0 Å². The Bertz CT molecular complexity index is 233. The molecule has 1 saturated heterocycles. The van der Waals surface area contributed by atoms with E-state index in [4.69, 9.17) is 0 Å². The number of carbonyl (C=O) groups is 2. The second-order valence-electron chi connectivity index (χ2n) is 4.73. The van der Waals surface area contributed by atoms with E-state index in [0.717, 1.165) is 25.2 Å². The predicted octanol–water partition coefficient (Wildman–Crippen LogP) is 2.68. The van der Waals surface area contributed by atoms with Crippen LogP contribution in [0.5, 0.6) is 0 Å². The van der Waals surface area contributed by atoms with Gasteiger partial charge in [-0.2, -0.15) is 0 Å². The van der Waals surface area contributed by atoms with E-state index in [0.29, 0.717) is 6.42 Å². The molecule has 0 N–H and O–H groups in total. The van der Waals surface area contributed by atoms with Crippen LogP contribution in [0.4, 0.5) is 0 Å². The maximum Gasteiger partial charge on any atom is 0.317 e. The maximum atomic E-state index is 11.1. The van der Waals surface area contributed by atoms with Crippen molar-refractivity contribution in [1.29, 1.82) is 0 Å². The van der Waals surface area contributed by atoms with Gasteiger partial charge in [0.25, 0.3) is 0 Å². The van der Waals surface area contributed by atoms with Crippen LogP contribution in [0.1, 0.15) is 52.4 Å². The Morgan fingerprint density at radius 3 is 2.53 bits per heavy atom. The number of ether oxygens (including phenoxy) is 1. The number of cyclic esters (lactones) is 2. The minimum absolute atomic E-state index is 0.156. The molecule has 1 atom stereocenters. The van der Waals surface area contributed by atoms with Gasteiger partial charge in [-0.1, -0.05) is 39.5 Å². The van der Waals surface area contributed by atoms with Crippen LogP contribution in [-0.4, -0.2) is 11.9 Å². The lowest BCUT2D eigenvalue weighted by Crippen LogP contribution is -2.07. The zero-order valence-electron chi connectivity index (χ0n) is 9.62. The fourth-order valence-corrected chi connectivity index (χ4v) is 1.86. The van der Waals surface area contributed by atoms with Crippen LogP contribution in [0.15, 0.2) is 0 Å². The molecule has 1 aliphatic heterocycles. The minimum atomic E-state index is -0.354. The van der Waals surface area contributed by atoms with E-state index in [9.17, 15) is 9.59 Å². The topological polar surface area (TPSA) is 43.4 Å². The lowest BCUT2D eigenvalue weighted by atomic mass is 9.98. The van der Waals surface area contributed by atoms with Crippen molar-refractivity contribution in [2.45, 2.75) is 52.4 Å². The van der Waals surface area contributed by atoms with Crippen LogP contribution in [-0.2, 0) is 14.3 Å². The average Bonchev–Trinajstić information content (AvgIpc) is 2.44. The van der Waals surface area contributed by atoms with Crippen molar-refractivity contribution >= 4 is 11.9 Å². The standard InChI is InChI=1S/C12H20O3/c1-9(2)6-4-3-5-7-10-8-11(13)15-12(10)14/h9-10H,3-8H2,1-2H3. The summed E-state index contributed by atoms with van der Waals surface area (Å²) in [6, 6.07) is 0. The van der Waals surface area contributed by atoms with Crippen molar-refractivity contribution in [2.24, 2.45) is 11.8 Å². The number of hydrogen-bond acceptors (Lipinski definition) is 3. The molecular weight excluding hydrogens is 192 g/mol. The number of hydrogen-bond donors (Lipinski definition) is 0. The molecular formula is C12H20O3. The van der Waals surface area contributed by atoms with E-state index in [1.165, 1.54) is 12.8 Å². The van der Waals surface area contributed by atoms with Gasteiger partial charge in [0.15, 0.2) is 0 Å². The van der Waals surface area contributed by atoms with Gasteiger partial charge in [-0.15, -0.1) is 0 Å². The lowest BCUT2D eigenvalue weighted by molar-refractivity contribution is -0.153. The summed E-state index contributed by atoms with van der Waals surface area (Å²) in [4.78, 5) is 21.9. The van der Waals surface area contributed by atoms with Gasteiger partial charge in [0.2, 0.25) is 0 Å². The van der Waals surface area contributed by atoms with Crippen LogP contribution in [0.3, 0.4) is 0 Å². The molecule has 0 bridgehead atoms. The van der Waals surface area contributed by atoms with Gasteiger partial charge in [0, 0.05) is 0 Å². The normalized spacial score (nSPS) is 21.1. The van der Waals surface area contributed by atoms with Gasteiger partial charge in [0.05, 0.1) is 12.3 Å². The molecule has 0 aromatic carbocycles. The molecule has 1 rings (SSSR count). The highest BCUT2D eigenvalue weighted by Gasteiger charge is 2.32. The van der Waals surface area contributed by atoms with Crippen molar-refractivity contribution in [3.05, 3.63) is 0 Å². The molecule has 1 fully saturated rings. The summed E-state index contributed by atoms with van der Waals surface area (Å²) in [7, 11) is 0. The first kappa shape index (κ1) is 12.2. The Balaban J connectivity index is 2.05. The molecule has 1 heterocycles. The molecule has 0 spiro atoms. The van der Waals surface area contributed by atoms with Crippen LogP contribution in [0.2, 0.25) is 0 Å². The summed E-state index contributed by atoms with van der Waals surface area (Å²) in [5.41, 5.74) is 0. The molecule has 0 aromatic rings. The Morgan fingerprint density at radius 1 is 1.27 bits per heavy atom. The zero-order valence-corrected chi connectivity index (χ0v) is 9.62. The van der Waals surface area contributed by atoms with E-state index in [1.54, 1.807) is 0 Å². The molecule has 0 radical (unpaired) electrons. The molecule has 0 saturated carbocycles. The monoisotopic (exact) mass is 212 g/mol. The first-order chi connectivity index (χ1) is 7.09. The molecule has 15 heavy (non-hydrogen) atoms. The molecule has 3 nitrogen and oxygen atoms in total. The molecule has 0 amide bonds. The minimum Gasteiger partial charge on any atom is -0.393 e. The summed E-state index contributed by atoms with van der Waals surface area (Å²) < 4.78 is 4.49. The second kappa shape index (κ2) is 5.89. The SMILES string of the molecule is CC(C)CCCCCC1CC(=O)OC1=O. The molecule has 0 aromatic heterocycles. The highest BCUT2D eigenvalue weighted by Crippen LogP contribution is 2.22. The first-order valence-corrected chi connectivity index (χ1v) is 5.84. The Hall–Kier alpha value is -0.860. The van der Waals surface area contributed by atoms with E-state index >= 15 is 0 Å². The van der Waals surface area contributed by atoms with E-state index in [1.807, 2.05) is 0 Å². The lowest BCUT2D eigenvalue weighted by Gasteiger charge is -2.05. The zero-order chi connectivity index (χ0) is 11.3. The van der Waals surface area contributed by atoms with Gasteiger partial charge in [-0.25, -0.2) is 0 Å². The Labute approximate surface area is 91.2 Å². The van der Waals surface area contributed by atoms with E-state index in [2.05, 4.69) is 18.6 Å². The number of rotatable bonds is 6. The summed E-state index contributed by atoms with van der Waals surface area (Å²) in [5, 5.41) is 0. The highest BCUT2D eigenvalue weighted by molar-refractivity contribution is 5.94. The summed E-state index contributed by atoms with van der Waals surface area (Å²) in [6.07, 6.45) is 5.74. The van der Waals surface area contributed by atoms with Gasteiger partial charge in [-0.05, 0) is 12.3 Å². The van der Waals surface area contributed by atoms with Crippen LogP contribution in [0.25, 0.3) is 0 Å². The third kappa shape index (κ3) is 4.45. The third-order valence-electron chi connectivity index (χ3n) is 2.79. The largest absolute Gasteiger partial charge is 0.393 e. The summed E-state index contributed by atoms with van der Waals surface area (Å²) >= 11 is 0. The Morgan fingerprint density at radius 2 is 2.00 bits per heavy atom. The first-order valence-electron chi connectivity index (χ1n) is 5.84. The smallest absolute Gasteiger partial charge is 0.317 e. The van der Waals surface area contributed by atoms with Gasteiger partial charge in [-0.3, -0.25) is 9.59 Å². The quantitative estimate of drug-likeness (QED) is 0.386. The van der Waals surface area contributed by atoms with Gasteiger partial charge >= 0.3 is 11.9 Å². The van der Waals surface area contributed by atoms with Crippen LogP contribution in [0, 0.1) is 11.8 Å². The summed E-state index contributed by atoms with van der Waals surface area (Å²) in [6.45, 7) is 4.43.